The van der Waals surface area contributed by atoms with Crippen molar-refractivity contribution in [1.82, 2.24) is 4.98 Å². The van der Waals surface area contributed by atoms with Crippen LogP contribution in [0.2, 0.25) is 0 Å². The van der Waals surface area contributed by atoms with Gasteiger partial charge in [0.15, 0.2) is 5.13 Å². The molecule has 0 saturated heterocycles. The van der Waals surface area contributed by atoms with Gasteiger partial charge in [0.1, 0.15) is 10.7 Å². The van der Waals surface area contributed by atoms with E-state index in [1.165, 1.54) is 16.9 Å². The Morgan fingerprint density at radius 3 is 2.55 bits per heavy atom. The Bertz CT molecular complexity index is 602. The molecule has 3 N–H and O–H groups in total. The number of nitrogen functional groups attached to an aromatic ring is 1. The molecule has 0 unspecified atom stereocenters. The summed E-state index contributed by atoms with van der Waals surface area (Å²) in [5.41, 5.74) is 8.98. The number of carbonyl (C=O) groups excluding carboxylic acids is 1. The van der Waals surface area contributed by atoms with E-state index < -0.39 is 0 Å². The second-order valence-corrected chi connectivity index (χ2v) is 5.94. The maximum absolute atomic E-state index is 11.4. The maximum atomic E-state index is 11.4. The second kappa shape index (κ2) is 6.05. The maximum Gasteiger partial charge on any atom is 0.225 e. The SMILES string of the molecule is CCC(=O)Nc1nc(-c2ccc(C(C)C)cc2)c(N)s1. The third kappa shape index (κ3) is 3.17. The molecule has 1 aromatic carbocycles. The summed E-state index contributed by atoms with van der Waals surface area (Å²) in [7, 11) is 0. The van der Waals surface area contributed by atoms with Gasteiger partial charge in [0.25, 0.3) is 0 Å². The molecule has 0 bridgehead atoms. The number of nitrogens with zero attached hydrogens (tertiary/aromatic N) is 1. The highest BCUT2D eigenvalue weighted by Gasteiger charge is 2.12. The van der Waals surface area contributed by atoms with Crippen LogP contribution in [0.15, 0.2) is 24.3 Å². The van der Waals surface area contributed by atoms with Crippen LogP contribution >= 0.6 is 11.3 Å². The van der Waals surface area contributed by atoms with Gasteiger partial charge in [0.2, 0.25) is 5.91 Å². The van der Waals surface area contributed by atoms with Crippen molar-refractivity contribution in [2.24, 2.45) is 0 Å². The van der Waals surface area contributed by atoms with Gasteiger partial charge in [-0.15, -0.1) is 0 Å². The highest BCUT2D eigenvalue weighted by Crippen LogP contribution is 2.33. The smallest absolute Gasteiger partial charge is 0.225 e. The molecule has 0 spiro atoms. The lowest BCUT2D eigenvalue weighted by Gasteiger charge is -2.05. The van der Waals surface area contributed by atoms with Crippen LogP contribution in [0.1, 0.15) is 38.7 Å². The molecule has 0 saturated carbocycles. The Hall–Kier alpha value is -1.88. The number of carbonyl (C=O) groups is 1. The lowest BCUT2D eigenvalue weighted by molar-refractivity contribution is -0.115. The molecule has 0 aliphatic rings. The zero-order valence-corrected chi connectivity index (χ0v) is 12.8. The Morgan fingerprint density at radius 2 is 2.00 bits per heavy atom. The third-order valence-electron chi connectivity index (χ3n) is 3.07. The van der Waals surface area contributed by atoms with Crippen LogP contribution in [0.4, 0.5) is 10.1 Å². The zero-order chi connectivity index (χ0) is 14.7. The van der Waals surface area contributed by atoms with Gasteiger partial charge in [-0.1, -0.05) is 56.4 Å². The lowest BCUT2D eigenvalue weighted by atomic mass is 10.0. The molecule has 0 radical (unpaired) electrons. The van der Waals surface area contributed by atoms with E-state index in [2.05, 4.69) is 36.3 Å². The summed E-state index contributed by atoms with van der Waals surface area (Å²) in [6.07, 6.45) is 0.428. The quantitative estimate of drug-likeness (QED) is 0.898. The molecule has 4 nitrogen and oxygen atoms in total. The molecule has 5 heteroatoms. The summed E-state index contributed by atoms with van der Waals surface area (Å²) in [6, 6.07) is 8.21. The average molecular weight is 289 g/mol. The van der Waals surface area contributed by atoms with Gasteiger partial charge in [-0.2, -0.15) is 0 Å². The standard InChI is InChI=1S/C15H19N3OS/c1-4-12(19)17-15-18-13(14(16)20-15)11-7-5-10(6-8-11)9(2)3/h5-9H,4,16H2,1-3H3,(H,17,18,19). The van der Waals surface area contributed by atoms with Crippen molar-refractivity contribution < 1.29 is 4.79 Å². The number of rotatable bonds is 4. The first-order chi connectivity index (χ1) is 9.51. The number of aromatic nitrogens is 1. The number of benzene rings is 1. The van der Waals surface area contributed by atoms with E-state index in [1.807, 2.05) is 12.1 Å². The van der Waals surface area contributed by atoms with Gasteiger partial charge in [-0.25, -0.2) is 4.98 Å². The summed E-state index contributed by atoms with van der Waals surface area (Å²) in [6.45, 7) is 6.12. The van der Waals surface area contributed by atoms with Crippen molar-refractivity contribution in [3.63, 3.8) is 0 Å². The van der Waals surface area contributed by atoms with E-state index >= 15 is 0 Å². The van der Waals surface area contributed by atoms with Crippen molar-refractivity contribution in [2.45, 2.75) is 33.1 Å². The molecule has 0 aliphatic carbocycles. The van der Waals surface area contributed by atoms with Gasteiger partial charge < -0.3 is 11.1 Å². The van der Waals surface area contributed by atoms with Crippen molar-refractivity contribution in [2.75, 3.05) is 11.1 Å². The first-order valence-corrected chi connectivity index (χ1v) is 7.49. The van der Waals surface area contributed by atoms with Gasteiger partial charge >= 0.3 is 0 Å². The van der Waals surface area contributed by atoms with Crippen molar-refractivity contribution in [3.8, 4) is 11.3 Å². The predicted octanol–water partition coefficient (Wildman–Crippen LogP) is 3.86. The molecule has 106 valence electrons. The van der Waals surface area contributed by atoms with Crippen LogP contribution in [-0.4, -0.2) is 10.9 Å². The molecule has 2 rings (SSSR count). The number of hydrogen-bond acceptors (Lipinski definition) is 4. The molecule has 1 aromatic heterocycles. The van der Waals surface area contributed by atoms with Crippen molar-refractivity contribution in [1.29, 1.82) is 0 Å². The van der Waals surface area contributed by atoms with E-state index in [1.54, 1.807) is 6.92 Å². The van der Waals surface area contributed by atoms with E-state index in [-0.39, 0.29) is 5.91 Å². The van der Waals surface area contributed by atoms with Gasteiger partial charge in [0, 0.05) is 12.0 Å². The monoisotopic (exact) mass is 289 g/mol. The number of anilines is 2. The summed E-state index contributed by atoms with van der Waals surface area (Å²) in [5.74, 6) is 0.441. The molecular weight excluding hydrogens is 270 g/mol. The molecule has 1 amide bonds. The lowest BCUT2D eigenvalue weighted by Crippen LogP contribution is -2.08. The molecule has 1 heterocycles. The number of amides is 1. The third-order valence-corrected chi connectivity index (χ3v) is 3.87. The Labute approximate surface area is 123 Å². The zero-order valence-electron chi connectivity index (χ0n) is 11.9. The topological polar surface area (TPSA) is 68.0 Å². The van der Waals surface area contributed by atoms with E-state index in [0.29, 0.717) is 22.5 Å². The van der Waals surface area contributed by atoms with Gasteiger partial charge in [0.05, 0.1) is 0 Å². The van der Waals surface area contributed by atoms with E-state index in [0.717, 1.165) is 11.3 Å². The first-order valence-electron chi connectivity index (χ1n) is 6.67. The Kier molecular flexibility index (Phi) is 4.39. The van der Waals surface area contributed by atoms with Crippen LogP contribution in [0, 0.1) is 0 Å². The van der Waals surface area contributed by atoms with Gasteiger partial charge in [-0.05, 0) is 11.5 Å². The van der Waals surface area contributed by atoms with Crippen LogP contribution in [0.5, 0.6) is 0 Å². The minimum atomic E-state index is -0.0551. The molecular formula is C15H19N3OS. The minimum Gasteiger partial charge on any atom is -0.389 e. The van der Waals surface area contributed by atoms with Crippen LogP contribution in [0.25, 0.3) is 11.3 Å². The number of nitrogens with one attached hydrogen (secondary N) is 1. The molecule has 0 fully saturated rings. The predicted molar refractivity (Wildman–Crippen MR) is 85.0 cm³/mol. The van der Waals surface area contributed by atoms with Gasteiger partial charge in [-0.3, -0.25) is 4.79 Å². The summed E-state index contributed by atoms with van der Waals surface area (Å²) < 4.78 is 0. The van der Waals surface area contributed by atoms with Crippen LogP contribution in [-0.2, 0) is 4.79 Å². The average Bonchev–Trinajstić information content (AvgIpc) is 2.79. The fourth-order valence-electron chi connectivity index (χ4n) is 1.83. The highest BCUT2D eigenvalue weighted by atomic mass is 32.1. The highest BCUT2D eigenvalue weighted by molar-refractivity contribution is 7.20. The Morgan fingerprint density at radius 1 is 1.35 bits per heavy atom. The molecule has 2 aromatic rings. The largest absolute Gasteiger partial charge is 0.389 e. The molecule has 0 atom stereocenters. The first kappa shape index (κ1) is 14.5. The summed E-state index contributed by atoms with van der Waals surface area (Å²) in [4.78, 5) is 15.8. The number of hydrogen-bond donors (Lipinski definition) is 2. The van der Waals surface area contributed by atoms with Crippen LogP contribution < -0.4 is 11.1 Å². The normalized spacial score (nSPS) is 10.8. The van der Waals surface area contributed by atoms with Crippen LogP contribution in [0.3, 0.4) is 0 Å². The number of thiazole rings is 1. The molecule has 0 aliphatic heterocycles. The molecule has 20 heavy (non-hydrogen) atoms. The van der Waals surface area contributed by atoms with Crippen molar-refractivity contribution in [3.05, 3.63) is 29.8 Å². The minimum absolute atomic E-state index is 0.0551. The van der Waals surface area contributed by atoms with Crippen molar-refractivity contribution >= 4 is 27.4 Å². The fraction of sp³-hybridized carbons (Fsp3) is 0.333. The Balaban J connectivity index is 2.26. The second-order valence-electron chi connectivity index (χ2n) is 4.91. The summed E-state index contributed by atoms with van der Waals surface area (Å²) >= 11 is 1.30. The van der Waals surface area contributed by atoms with E-state index in [9.17, 15) is 4.79 Å². The summed E-state index contributed by atoms with van der Waals surface area (Å²) in [5, 5.41) is 3.91. The van der Waals surface area contributed by atoms with E-state index in [4.69, 9.17) is 5.73 Å². The number of nitrogens with two attached hydrogens (primary N) is 1. The fourth-order valence-corrected chi connectivity index (χ4v) is 2.60.